The lowest BCUT2D eigenvalue weighted by molar-refractivity contribution is 0.0323. The highest BCUT2D eigenvalue weighted by Gasteiger charge is 2.38. The fourth-order valence-corrected chi connectivity index (χ4v) is 2.25. The van der Waals surface area contributed by atoms with E-state index in [2.05, 4.69) is 11.9 Å². The van der Waals surface area contributed by atoms with E-state index in [-0.39, 0.29) is 5.60 Å². The van der Waals surface area contributed by atoms with Crippen LogP contribution in [0.1, 0.15) is 32.6 Å². The third kappa shape index (κ3) is 1.26. The Morgan fingerprint density at radius 3 is 3.18 bits per heavy atom. The predicted octanol–water partition coefficient (Wildman–Crippen LogP) is 1.99. The van der Waals surface area contributed by atoms with Crippen LogP contribution in [0.2, 0.25) is 0 Å². The summed E-state index contributed by atoms with van der Waals surface area (Å²) in [6.07, 6.45) is 6.72. The van der Waals surface area contributed by atoms with Crippen molar-refractivity contribution >= 4 is 6.40 Å². The molecule has 0 aromatic heterocycles. The van der Waals surface area contributed by atoms with E-state index < -0.39 is 0 Å². The molecule has 0 amide bonds. The molecule has 2 atom stereocenters. The fourth-order valence-electron chi connectivity index (χ4n) is 2.25. The van der Waals surface area contributed by atoms with Crippen LogP contribution in [-0.2, 0) is 4.74 Å². The Labute approximate surface area is 67.7 Å². The molecular formula is C9H15NO. The zero-order valence-corrected chi connectivity index (χ0v) is 7.05. The molecule has 0 saturated heterocycles. The maximum absolute atomic E-state index is 5.56. The Bertz CT molecular complexity index is 168. The van der Waals surface area contributed by atoms with Crippen molar-refractivity contribution in [3.8, 4) is 0 Å². The molecule has 1 aliphatic heterocycles. The van der Waals surface area contributed by atoms with Crippen molar-refractivity contribution in [2.24, 2.45) is 10.9 Å². The molecule has 62 valence electrons. The van der Waals surface area contributed by atoms with Gasteiger partial charge in [0.25, 0.3) is 0 Å². The Morgan fingerprint density at radius 2 is 2.55 bits per heavy atom. The summed E-state index contributed by atoms with van der Waals surface area (Å²) < 4.78 is 5.56. The zero-order chi connectivity index (χ0) is 7.73. The van der Waals surface area contributed by atoms with Crippen molar-refractivity contribution < 1.29 is 4.74 Å². The molecule has 1 fully saturated rings. The van der Waals surface area contributed by atoms with Crippen molar-refractivity contribution in [1.82, 2.24) is 0 Å². The average molecular weight is 153 g/mol. The molecule has 0 N–H and O–H groups in total. The number of hydrogen-bond donors (Lipinski definition) is 0. The van der Waals surface area contributed by atoms with E-state index in [1.807, 2.05) is 0 Å². The fraction of sp³-hybridized carbons (Fsp3) is 0.889. The molecule has 0 aromatic rings. The van der Waals surface area contributed by atoms with Crippen LogP contribution in [0.15, 0.2) is 4.99 Å². The predicted molar refractivity (Wildman–Crippen MR) is 44.8 cm³/mol. The molecule has 0 aromatic carbocycles. The van der Waals surface area contributed by atoms with E-state index in [9.17, 15) is 0 Å². The number of ether oxygens (including phenoxy) is 1. The number of hydrogen-bond acceptors (Lipinski definition) is 2. The minimum Gasteiger partial charge on any atom is -0.475 e. The largest absolute Gasteiger partial charge is 0.475 e. The van der Waals surface area contributed by atoms with Gasteiger partial charge in [-0.05, 0) is 25.2 Å². The second-order valence-corrected chi connectivity index (χ2v) is 3.95. The minimum atomic E-state index is 0.123. The molecule has 2 rings (SSSR count). The molecule has 1 aliphatic carbocycles. The van der Waals surface area contributed by atoms with Gasteiger partial charge in [-0.15, -0.1) is 0 Å². The zero-order valence-electron chi connectivity index (χ0n) is 7.05. The van der Waals surface area contributed by atoms with Crippen LogP contribution in [0.4, 0.5) is 0 Å². The van der Waals surface area contributed by atoms with E-state index in [1.54, 1.807) is 6.40 Å². The van der Waals surface area contributed by atoms with Crippen LogP contribution in [0.3, 0.4) is 0 Å². The van der Waals surface area contributed by atoms with Crippen molar-refractivity contribution in [3.05, 3.63) is 0 Å². The molecule has 2 heteroatoms. The second kappa shape index (κ2) is 2.50. The van der Waals surface area contributed by atoms with Gasteiger partial charge >= 0.3 is 0 Å². The van der Waals surface area contributed by atoms with Crippen LogP contribution in [0.25, 0.3) is 0 Å². The van der Waals surface area contributed by atoms with Gasteiger partial charge in [0.1, 0.15) is 5.60 Å². The van der Waals surface area contributed by atoms with Gasteiger partial charge in [0.2, 0.25) is 0 Å². The lowest BCUT2D eigenvalue weighted by atomic mass is 9.79. The first-order valence-corrected chi connectivity index (χ1v) is 4.47. The molecule has 1 saturated carbocycles. The third-order valence-electron chi connectivity index (χ3n) is 2.81. The third-order valence-corrected chi connectivity index (χ3v) is 2.81. The number of aliphatic imine (C=N–C) groups is 1. The van der Waals surface area contributed by atoms with Crippen molar-refractivity contribution in [2.45, 2.75) is 38.2 Å². The summed E-state index contributed by atoms with van der Waals surface area (Å²) in [4.78, 5) is 4.15. The first kappa shape index (κ1) is 7.14. The standard InChI is InChI=1S/C9H15NO/c1-8-3-2-4-9(5-8)6-10-7-11-9/h7-8H,2-6H2,1H3. The molecule has 1 heterocycles. The Hall–Kier alpha value is -0.530. The van der Waals surface area contributed by atoms with Gasteiger partial charge in [0.05, 0.1) is 6.54 Å². The van der Waals surface area contributed by atoms with Crippen LogP contribution < -0.4 is 0 Å². The maximum atomic E-state index is 5.56. The van der Waals surface area contributed by atoms with Crippen LogP contribution in [-0.4, -0.2) is 18.5 Å². The van der Waals surface area contributed by atoms with Crippen LogP contribution >= 0.6 is 0 Å². The molecule has 2 nitrogen and oxygen atoms in total. The lowest BCUT2D eigenvalue weighted by Crippen LogP contribution is -2.37. The van der Waals surface area contributed by atoms with E-state index in [0.29, 0.717) is 0 Å². The summed E-state index contributed by atoms with van der Waals surface area (Å²) in [6, 6.07) is 0. The summed E-state index contributed by atoms with van der Waals surface area (Å²) in [6.45, 7) is 3.21. The molecule has 2 aliphatic rings. The van der Waals surface area contributed by atoms with Crippen LogP contribution in [0, 0.1) is 5.92 Å². The van der Waals surface area contributed by atoms with E-state index in [4.69, 9.17) is 4.74 Å². The molecule has 0 radical (unpaired) electrons. The van der Waals surface area contributed by atoms with Crippen molar-refractivity contribution in [2.75, 3.05) is 6.54 Å². The highest BCUT2D eigenvalue weighted by Crippen LogP contribution is 2.36. The highest BCUT2D eigenvalue weighted by molar-refractivity contribution is 5.50. The summed E-state index contributed by atoms with van der Waals surface area (Å²) >= 11 is 0. The Kier molecular flexibility index (Phi) is 1.63. The first-order valence-electron chi connectivity index (χ1n) is 4.47. The summed E-state index contributed by atoms with van der Waals surface area (Å²) in [5.41, 5.74) is 0.123. The lowest BCUT2D eigenvalue weighted by Gasteiger charge is -2.34. The first-order chi connectivity index (χ1) is 5.31. The monoisotopic (exact) mass is 153 g/mol. The summed E-state index contributed by atoms with van der Waals surface area (Å²) in [5.74, 6) is 0.824. The smallest absolute Gasteiger partial charge is 0.170 e. The summed E-state index contributed by atoms with van der Waals surface area (Å²) in [5, 5.41) is 0. The van der Waals surface area contributed by atoms with Gasteiger partial charge in [0.15, 0.2) is 6.40 Å². The Morgan fingerprint density at radius 1 is 1.64 bits per heavy atom. The van der Waals surface area contributed by atoms with Crippen molar-refractivity contribution in [1.29, 1.82) is 0 Å². The van der Waals surface area contributed by atoms with Gasteiger partial charge in [-0.2, -0.15) is 0 Å². The number of rotatable bonds is 0. The Balaban J connectivity index is 2.02. The van der Waals surface area contributed by atoms with Gasteiger partial charge < -0.3 is 4.74 Å². The quantitative estimate of drug-likeness (QED) is 0.521. The minimum absolute atomic E-state index is 0.123. The molecule has 11 heavy (non-hydrogen) atoms. The molecule has 0 bridgehead atoms. The second-order valence-electron chi connectivity index (χ2n) is 3.95. The van der Waals surface area contributed by atoms with Crippen LogP contribution in [0.5, 0.6) is 0 Å². The van der Waals surface area contributed by atoms with E-state index >= 15 is 0 Å². The average Bonchev–Trinajstić information content (AvgIpc) is 2.37. The number of nitrogens with zero attached hydrogens (tertiary/aromatic N) is 1. The van der Waals surface area contributed by atoms with Gasteiger partial charge in [-0.1, -0.05) is 13.3 Å². The van der Waals surface area contributed by atoms with Gasteiger partial charge in [0, 0.05) is 0 Å². The molecular weight excluding hydrogens is 138 g/mol. The molecule has 2 unspecified atom stereocenters. The maximum Gasteiger partial charge on any atom is 0.170 e. The van der Waals surface area contributed by atoms with E-state index in [0.717, 1.165) is 12.5 Å². The SMILES string of the molecule is CC1CCCC2(CN=CO2)C1. The van der Waals surface area contributed by atoms with Gasteiger partial charge in [-0.25, -0.2) is 0 Å². The molecule has 1 spiro atoms. The highest BCUT2D eigenvalue weighted by atomic mass is 16.5. The van der Waals surface area contributed by atoms with Gasteiger partial charge in [-0.3, -0.25) is 4.99 Å². The summed E-state index contributed by atoms with van der Waals surface area (Å²) in [7, 11) is 0. The van der Waals surface area contributed by atoms with E-state index in [1.165, 1.54) is 25.7 Å². The van der Waals surface area contributed by atoms with Crippen molar-refractivity contribution in [3.63, 3.8) is 0 Å². The topological polar surface area (TPSA) is 21.6 Å². The normalized spacial score (nSPS) is 42.8.